The number of nitrogens with zero attached hydrogens (tertiary/aromatic N) is 1. The molecule has 7 heteroatoms. The van der Waals surface area contributed by atoms with E-state index in [1.165, 1.54) is 12.1 Å². The monoisotopic (exact) mass is 341 g/mol. The molecule has 0 saturated carbocycles. The van der Waals surface area contributed by atoms with E-state index in [0.29, 0.717) is 10.8 Å². The Kier molecular flexibility index (Phi) is 3.97. The standard InChI is InChI=1S/C13H17BBrNO4/c1-12(2)13(3,4)20-14(19-12)8-9-5-6-10(16(17)18)7-11(9)15/h5-7H,8H2,1-4H3. The largest absolute Gasteiger partial charge is 0.462 e. The molecule has 0 amide bonds. The van der Waals surface area contributed by atoms with Gasteiger partial charge in [-0.3, -0.25) is 10.1 Å². The van der Waals surface area contributed by atoms with Crippen LogP contribution >= 0.6 is 15.9 Å². The molecular formula is C13H17BBrNO4. The highest BCUT2D eigenvalue weighted by Crippen LogP contribution is 2.38. The number of halogens is 1. The fourth-order valence-electron chi connectivity index (χ4n) is 2.04. The van der Waals surface area contributed by atoms with Gasteiger partial charge in [-0.25, -0.2) is 0 Å². The number of rotatable bonds is 3. The van der Waals surface area contributed by atoms with Crippen LogP contribution in [0.15, 0.2) is 22.7 Å². The first-order valence-electron chi connectivity index (χ1n) is 6.41. The van der Waals surface area contributed by atoms with Crippen molar-refractivity contribution in [1.82, 2.24) is 0 Å². The van der Waals surface area contributed by atoms with Crippen molar-refractivity contribution in [3.8, 4) is 0 Å². The molecule has 1 aliphatic rings. The first-order valence-corrected chi connectivity index (χ1v) is 7.20. The van der Waals surface area contributed by atoms with Crippen molar-refractivity contribution in [3.63, 3.8) is 0 Å². The zero-order valence-electron chi connectivity index (χ0n) is 12.0. The molecule has 0 aromatic heterocycles. The van der Waals surface area contributed by atoms with E-state index in [4.69, 9.17) is 9.31 Å². The van der Waals surface area contributed by atoms with Crippen molar-refractivity contribution < 1.29 is 14.2 Å². The van der Waals surface area contributed by atoms with Crippen molar-refractivity contribution in [2.75, 3.05) is 0 Å². The Hall–Kier alpha value is -0.915. The van der Waals surface area contributed by atoms with Gasteiger partial charge >= 0.3 is 7.12 Å². The summed E-state index contributed by atoms with van der Waals surface area (Å²) in [6.45, 7) is 7.99. The molecular weight excluding hydrogens is 325 g/mol. The number of hydrogen-bond acceptors (Lipinski definition) is 4. The van der Waals surface area contributed by atoms with E-state index >= 15 is 0 Å². The van der Waals surface area contributed by atoms with E-state index in [1.54, 1.807) is 6.07 Å². The first-order chi connectivity index (χ1) is 9.12. The fourth-order valence-corrected chi connectivity index (χ4v) is 2.57. The lowest BCUT2D eigenvalue weighted by Gasteiger charge is -2.32. The zero-order chi connectivity index (χ0) is 15.1. The second-order valence-electron chi connectivity index (χ2n) is 5.92. The maximum absolute atomic E-state index is 10.7. The summed E-state index contributed by atoms with van der Waals surface area (Å²) in [7, 11) is -0.349. The van der Waals surface area contributed by atoms with E-state index in [-0.39, 0.29) is 24.0 Å². The third kappa shape index (κ3) is 2.89. The highest BCUT2D eigenvalue weighted by Gasteiger charge is 2.50. The number of nitro benzene ring substituents is 1. The highest BCUT2D eigenvalue weighted by atomic mass is 79.9. The summed E-state index contributed by atoms with van der Waals surface area (Å²) >= 11 is 3.36. The molecule has 0 bridgehead atoms. The maximum Gasteiger partial charge on any atom is 0.462 e. The van der Waals surface area contributed by atoms with Crippen LogP contribution < -0.4 is 0 Å². The average molecular weight is 342 g/mol. The molecule has 1 aliphatic heterocycles. The summed E-state index contributed by atoms with van der Waals surface area (Å²) in [5, 5.41) is 10.7. The topological polar surface area (TPSA) is 61.6 Å². The summed E-state index contributed by atoms with van der Waals surface area (Å²) < 4.78 is 12.5. The number of nitro groups is 1. The molecule has 0 unspecified atom stereocenters. The Morgan fingerprint density at radius 2 is 1.80 bits per heavy atom. The van der Waals surface area contributed by atoms with Gasteiger partial charge in [0, 0.05) is 22.9 Å². The zero-order valence-corrected chi connectivity index (χ0v) is 13.6. The van der Waals surface area contributed by atoms with Crippen molar-refractivity contribution in [2.45, 2.75) is 45.2 Å². The molecule has 1 saturated heterocycles. The molecule has 20 heavy (non-hydrogen) atoms. The van der Waals surface area contributed by atoms with Crippen LogP contribution in [-0.4, -0.2) is 23.2 Å². The van der Waals surface area contributed by atoms with Crippen molar-refractivity contribution >= 4 is 28.7 Å². The smallest absolute Gasteiger partial charge is 0.403 e. The summed E-state index contributed by atoms with van der Waals surface area (Å²) in [5.41, 5.74) is 0.249. The molecule has 1 aromatic carbocycles. The Labute approximate surface area is 127 Å². The van der Waals surface area contributed by atoms with Gasteiger partial charge in [-0.15, -0.1) is 0 Å². The molecule has 0 atom stereocenters. The van der Waals surface area contributed by atoms with Gasteiger partial charge in [0.1, 0.15) is 0 Å². The summed E-state index contributed by atoms with van der Waals surface area (Å²) in [4.78, 5) is 10.3. The van der Waals surface area contributed by atoms with Gasteiger partial charge in [-0.2, -0.15) is 0 Å². The van der Waals surface area contributed by atoms with Gasteiger partial charge in [-0.1, -0.05) is 22.0 Å². The number of hydrogen-bond donors (Lipinski definition) is 0. The van der Waals surface area contributed by atoms with Crippen molar-refractivity contribution in [3.05, 3.63) is 38.3 Å². The van der Waals surface area contributed by atoms with Gasteiger partial charge in [-0.05, 0) is 33.3 Å². The van der Waals surface area contributed by atoms with Crippen LogP contribution in [-0.2, 0) is 15.6 Å². The third-order valence-electron chi connectivity index (χ3n) is 3.94. The minimum Gasteiger partial charge on any atom is -0.403 e. The number of non-ortho nitro benzene ring substituents is 1. The molecule has 1 aromatic rings. The predicted octanol–water partition coefficient (Wildman–Crippen LogP) is 3.53. The Bertz CT molecular complexity index is 531. The lowest BCUT2D eigenvalue weighted by atomic mass is 9.81. The molecule has 1 fully saturated rings. The summed E-state index contributed by atoms with van der Waals surface area (Å²) in [6, 6.07) is 4.72. The van der Waals surface area contributed by atoms with Gasteiger partial charge in [0.15, 0.2) is 0 Å². The maximum atomic E-state index is 10.7. The Morgan fingerprint density at radius 3 is 2.25 bits per heavy atom. The van der Waals surface area contributed by atoms with E-state index in [0.717, 1.165) is 5.56 Å². The van der Waals surface area contributed by atoms with Crippen LogP contribution in [0.3, 0.4) is 0 Å². The van der Waals surface area contributed by atoms with Crippen LogP contribution in [0.1, 0.15) is 33.3 Å². The van der Waals surface area contributed by atoms with Crippen LogP contribution in [0.4, 0.5) is 5.69 Å². The molecule has 0 spiro atoms. The normalized spacial score (nSPS) is 20.1. The van der Waals surface area contributed by atoms with Crippen LogP contribution in [0, 0.1) is 10.1 Å². The molecule has 5 nitrogen and oxygen atoms in total. The van der Waals surface area contributed by atoms with Gasteiger partial charge < -0.3 is 9.31 Å². The van der Waals surface area contributed by atoms with E-state index < -0.39 is 4.92 Å². The quantitative estimate of drug-likeness (QED) is 0.479. The summed E-state index contributed by atoms with van der Waals surface area (Å²) in [5.74, 6) is 0. The van der Waals surface area contributed by atoms with Gasteiger partial charge in [0.05, 0.1) is 16.1 Å². The van der Waals surface area contributed by atoms with Crippen molar-refractivity contribution in [1.29, 1.82) is 0 Å². The first kappa shape index (κ1) is 15.5. The third-order valence-corrected chi connectivity index (χ3v) is 4.67. The minimum atomic E-state index is -0.413. The Balaban J connectivity index is 2.14. The molecule has 2 rings (SSSR count). The minimum absolute atomic E-state index is 0.0644. The van der Waals surface area contributed by atoms with Gasteiger partial charge in [0.2, 0.25) is 0 Å². The van der Waals surface area contributed by atoms with Crippen molar-refractivity contribution in [2.24, 2.45) is 0 Å². The van der Waals surface area contributed by atoms with Crippen LogP contribution in [0.2, 0.25) is 0 Å². The molecule has 0 radical (unpaired) electrons. The fraction of sp³-hybridized carbons (Fsp3) is 0.538. The van der Waals surface area contributed by atoms with Gasteiger partial charge in [0.25, 0.3) is 5.69 Å². The predicted molar refractivity (Wildman–Crippen MR) is 80.6 cm³/mol. The van der Waals surface area contributed by atoms with Crippen LogP contribution in [0.5, 0.6) is 0 Å². The summed E-state index contributed by atoms with van der Waals surface area (Å²) in [6.07, 6.45) is 0.547. The molecule has 0 N–H and O–H groups in total. The number of benzene rings is 1. The highest BCUT2D eigenvalue weighted by molar-refractivity contribution is 9.10. The second kappa shape index (κ2) is 5.13. The molecule has 108 valence electrons. The van der Waals surface area contributed by atoms with Crippen LogP contribution in [0.25, 0.3) is 0 Å². The lowest BCUT2D eigenvalue weighted by Crippen LogP contribution is -2.41. The lowest BCUT2D eigenvalue weighted by molar-refractivity contribution is -0.384. The van der Waals surface area contributed by atoms with E-state index in [1.807, 2.05) is 27.7 Å². The average Bonchev–Trinajstić information content (AvgIpc) is 2.49. The second-order valence-corrected chi connectivity index (χ2v) is 6.78. The molecule has 0 aliphatic carbocycles. The van der Waals surface area contributed by atoms with E-state index in [9.17, 15) is 10.1 Å². The Morgan fingerprint density at radius 1 is 1.25 bits per heavy atom. The SMILES string of the molecule is CC1(C)OB(Cc2ccc([N+](=O)[O-])cc2Br)OC1(C)C. The van der Waals surface area contributed by atoms with E-state index in [2.05, 4.69) is 15.9 Å². The molecule has 1 heterocycles.